The third-order valence-electron chi connectivity index (χ3n) is 0.861. The van der Waals surface area contributed by atoms with Crippen molar-refractivity contribution < 1.29 is 4.79 Å². The lowest BCUT2D eigenvalue weighted by Gasteiger charge is -1.71. The molecule has 0 N–H and O–H groups in total. The Bertz CT molecular complexity index is 92.6. The van der Waals surface area contributed by atoms with Gasteiger partial charge >= 0.3 is 0 Å². The molecule has 0 aromatic rings. The molecular weight excluding hydrogens is 100 g/mol. The van der Waals surface area contributed by atoms with Gasteiger partial charge in [0.2, 0.25) is 0 Å². The largest absolute Gasteiger partial charge is 0.295 e. The highest BCUT2D eigenvalue weighted by Crippen LogP contribution is 2.01. The number of allylic oxidation sites excluding steroid dienone is 2. The summed E-state index contributed by atoms with van der Waals surface area (Å²) in [6.07, 6.45) is 5.24. The standard InChI is InChI=1S/C5H6O.C2H6/c6-5-3-1-2-4-5;1-2/h1,3H,2,4H2;1-2H3. The summed E-state index contributed by atoms with van der Waals surface area (Å²) in [6.45, 7) is 4.00. The van der Waals surface area contributed by atoms with Crippen LogP contribution in [-0.4, -0.2) is 5.78 Å². The van der Waals surface area contributed by atoms with Crippen LogP contribution in [0.5, 0.6) is 0 Å². The van der Waals surface area contributed by atoms with E-state index in [1.54, 1.807) is 6.08 Å². The van der Waals surface area contributed by atoms with E-state index in [0.29, 0.717) is 0 Å². The molecule has 0 aromatic carbocycles. The van der Waals surface area contributed by atoms with Gasteiger partial charge in [0.1, 0.15) is 0 Å². The molecule has 1 rings (SSSR count). The highest BCUT2D eigenvalue weighted by atomic mass is 16.1. The molecule has 8 heavy (non-hydrogen) atoms. The third-order valence-corrected chi connectivity index (χ3v) is 0.861. The van der Waals surface area contributed by atoms with Gasteiger partial charge in [-0.2, -0.15) is 0 Å². The van der Waals surface area contributed by atoms with Gasteiger partial charge in [0.05, 0.1) is 0 Å². The normalized spacial score (nSPS) is 15.5. The predicted molar refractivity (Wildman–Crippen MR) is 34.7 cm³/mol. The lowest BCUT2D eigenvalue weighted by molar-refractivity contribution is -0.114. The van der Waals surface area contributed by atoms with Crippen LogP contribution in [0, 0.1) is 0 Å². The van der Waals surface area contributed by atoms with Crippen molar-refractivity contribution in [3.63, 3.8) is 0 Å². The molecule has 0 aromatic heterocycles. The first-order chi connectivity index (χ1) is 3.89. The topological polar surface area (TPSA) is 17.1 Å². The third kappa shape index (κ3) is 2.56. The Morgan fingerprint density at radius 3 is 2.25 bits per heavy atom. The Labute approximate surface area is 50.4 Å². The smallest absolute Gasteiger partial charge is 0.155 e. The number of carbonyl (C=O) groups excluding carboxylic acids is 1. The first kappa shape index (κ1) is 7.41. The lowest BCUT2D eigenvalue weighted by atomic mass is 10.3. The zero-order valence-corrected chi connectivity index (χ0v) is 5.48. The van der Waals surface area contributed by atoms with Crippen LogP contribution < -0.4 is 0 Å². The number of carbonyl (C=O) groups is 1. The van der Waals surface area contributed by atoms with Crippen LogP contribution in [0.2, 0.25) is 0 Å². The molecule has 0 bridgehead atoms. The number of ketones is 1. The molecule has 0 spiro atoms. The Morgan fingerprint density at radius 2 is 2.12 bits per heavy atom. The molecule has 0 radical (unpaired) electrons. The summed E-state index contributed by atoms with van der Waals surface area (Å²) in [5.74, 6) is 0.273. The fourth-order valence-electron chi connectivity index (χ4n) is 0.524. The van der Waals surface area contributed by atoms with Gasteiger partial charge in [-0.25, -0.2) is 0 Å². The molecular formula is C7H12O. The van der Waals surface area contributed by atoms with E-state index in [9.17, 15) is 4.79 Å². The van der Waals surface area contributed by atoms with Gasteiger partial charge in [-0.3, -0.25) is 4.79 Å². The summed E-state index contributed by atoms with van der Waals surface area (Å²) in [6, 6.07) is 0. The van der Waals surface area contributed by atoms with E-state index in [1.165, 1.54) is 0 Å². The van der Waals surface area contributed by atoms with Crippen LogP contribution in [0.25, 0.3) is 0 Å². The van der Waals surface area contributed by atoms with Gasteiger partial charge in [0.15, 0.2) is 5.78 Å². The fraction of sp³-hybridized carbons (Fsp3) is 0.571. The summed E-state index contributed by atoms with van der Waals surface area (Å²) in [5, 5.41) is 0. The minimum Gasteiger partial charge on any atom is -0.295 e. The molecule has 0 heterocycles. The van der Waals surface area contributed by atoms with Gasteiger partial charge in [0.25, 0.3) is 0 Å². The molecule has 1 heteroatoms. The van der Waals surface area contributed by atoms with Crippen LogP contribution in [0.15, 0.2) is 12.2 Å². The Hall–Kier alpha value is -0.590. The van der Waals surface area contributed by atoms with Crippen molar-refractivity contribution >= 4 is 5.78 Å². The molecule has 0 aliphatic heterocycles. The van der Waals surface area contributed by atoms with Crippen LogP contribution in [0.1, 0.15) is 26.7 Å². The van der Waals surface area contributed by atoms with Crippen molar-refractivity contribution in [2.45, 2.75) is 26.7 Å². The van der Waals surface area contributed by atoms with E-state index in [0.717, 1.165) is 12.8 Å². The van der Waals surface area contributed by atoms with Crippen molar-refractivity contribution in [2.24, 2.45) is 0 Å². The van der Waals surface area contributed by atoms with E-state index >= 15 is 0 Å². The first-order valence-corrected chi connectivity index (χ1v) is 3.09. The van der Waals surface area contributed by atoms with Crippen LogP contribution in [0.3, 0.4) is 0 Å². The Kier molecular flexibility index (Phi) is 4.23. The second-order valence-corrected chi connectivity index (χ2v) is 1.41. The zero-order chi connectivity index (χ0) is 6.41. The van der Waals surface area contributed by atoms with E-state index in [4.69, 9.17) is 0 Å². The highest BCUT2D eigenvalue weighted by molar-refractivity contribution is 5.91. The SMILES string of the molecule is CC.O=C1C=CCC1. The second kappa shape index (κ2) is 4.57. The Morgan fingerprint density at radius 1 is 1.50 bits per heavy atom. The highest BCUT2D eigenvalue weighted by Gasteiger charge is 1.98. The van der Waals surface area contributed by atoms with E-state index in [2.05, 4.69) is 0 Å². The van der Waals surface area contributed by atoms with Gasteiger partial charge in [-0.15, -0.1) is 0 Å². The van der Waals surface area contributed by atoms with Crippen molar-refractivity contribution in [3.8, 4) is 0 Å². The van der Waals surface area contributed by atoms with Gasteiger partial charge in [-0.05, 0) is 12.5 Å². The number of hydrogen-bond acceptors (Lipinski definition) is 1. The average Bonchev–Trinajstić information content (AvgIpc) is 2.24. The van der Waals surface area contributed by atoms with Crippen LogP contribution in [-0.2, 0) is 4.79 Å². The molecule has 46 valence electrons. The van der Waals surface area contributed by atoms with Gasteiger partial charge < -0.3 is 0 Å². The average molecular weight is 112 g/mol. The maximum absolute atomic E-state index is 10.2. The van der Waals surface area contributed by atoms with Crippen molar-refractivity contribution in [3.05, 3.63) is 12.2 Å². The summed E-state index contributed by atoms with van der Waals surface area (Å²) in [7, 11) is 0. The van der Waals surface area contributed by atoms with E-state index < -0.39 is 0 Å². The number of hydrogen-bond donors (Lipinski definition) is 0. The summed E-state index contributed by atoms with van der Waals surface area (Å²) in [5.41, 5.74) is 0. The molecule has 0 fully saturated rings. The molecule has 0 saturated heterocycles. The summed E-state index contributed by atoms with van der Waals surface area (Å²) >= 11 is 0. The minimum absolute atomic E-state index is 0.273. The Balaban J connectivity index is 0.000000222. The van der Waals surface area contributed by atoms with Crippen molar-refractivity contribution in [1.82, 2.24) is 0 Å². The fourth-order valence-corrected chi connectivity index (χ4v) is 0.524. The first-order valence-electron chi connectivity index (χ1n) is 3.09. The summed E-state index contributed by atoms with van der Waals surface area (Å²) < 4.78 is 0. The molecule has 0 saturated carbocycles. The van der Waals surface area contributed by atoms with Crippen molar-refractivity contribution in [2.75, 3.05) is 0 Å². The molecule has 0 atom stereocenters. The van der Waals surface area contributed by atoms with Gasteiger partial charge in [-0.1, -0.05) is 19.9 Å². The predicted octanol–water partition coefficient (Wildman–Crippen LogP) is 1.93. The molecule has 1 aliphatic carbocycles. The zero-order valence-electron chi connectivity index (χ0n) is 5.48. The van der Waals surface area contributed by atoms with E-state index in [-0.39, 0.29) is 5.78 Å². The molecule has 0 unspecified atom stereocenters. The van der Waals surface area contributed by atoms with E-state index in [1.807, 2.05) is 19.9 Å². The second-order valence-electron chi connectivity index (χ2n) is 1.41. The maximum Gasteiger partial charge on any atom is 0.155 e. The quantitative estimate of drug-likeness (QED) is 0.468. The van der Waals surface area contributed by atoms with Crippen LogP contribution in [0.4, 0.5) is 0 Å². The lowest BCUT2D eigenvalue weighted by Crippen LogP contribution is -1.80. The maximum atomic E-state index is 10.2. The van der Waals surface area contributed by atoms with Crippen LogP contribution >= 0.6 is 0 Å². The number of rotatable bonds is 0. The van der Waals surface area contributed by atoms with Crippen molar-refractivity contribution in [1.29, 1.82) is 0 Å². The monoisotopic (exact) mass is 112 g/mol. The van der Waals surface area contributed by atoms with Gasteiger partial charge in [0, 0.05) is 6.42 Å². The molecule has 0 amide bonds. The molecule has 1 nitrogen and oxygen atoms in total. The summed E-state index contributed by atoms with van der Waals surface area (Å²) in [4.78, 5) is 10.2. The molecule has 1 aliphatic rings. The minimum atomic E-state index is 0.273.